The summed E-state index contributed by atoms with van der Waals surface area (Å²) in [4.78, 5) is 25.3. The third kappa shape index (κ3) is 4.37. The highest BCUT2D eigenvalue weighted by Crippen LogP contribution is 2.12. The predicted molar refractivity (Wildman–Crippen MR) is 78.2 cm³/mol. The van der Waals surface area contributed by atoms with Gasteiger partial charge in [-0.3, -0.25) is 14.5 Å². The molecule has 7 nitrogen and oxygen atoms in total. The molecule has 7 heteroatoms. The molecule has 0 radical (unpaired) electrons. The van der Waals surface area contributed by atoms with E-state index in [0.717, 1.165) is 26.3 Å². The number of nitrogens with zero attached hydrogens (tertiary/aromatic N) is 2. The van der Waals surface area contributed by atoms with E-state index in [2.05, 4.69) is 34.3 Å². The van der Waals surface area contributed by atoms with Crippen LogP contribution in [0.2, 0.25) is 0 Å². The Hall–Kier alpha value is -1.73. The van der Waals surface area contributed by atoms with Gasteiger partial charge in [0.25, 0.3) is 11.5 Å². The van der Waals surface area contributed by atoms with Gasteiger partial charge in [-0.05, 0) is 12.0 Å². The highest BCUT2D eigenvalue weighted by Gasteiger charge is 2.24. The van der Waals surface area contributed by atoms with Gasteiger partial charge in [-0.15, -0.1) is 0 Å². The molecule has 0 spiro atoms. The number of carbonyl (C=O) groups excluding carboxylic acids is 1. The van der Waals surface area contributed by atoms with Crippen LogP contribution in [0.5, 0.6) is 0 Å². The Morgan fingerprint density at radius 1 is 1.43 bits per heavy atom. The van der Waals surface area contributed by atoms with Gasteiger partial charge in [-0.2, -0.15) is 5.10 Å². The van der Waals surface area contributed by atoms with Gasteiger partial charge in [0.15, 0.2) is 0 Å². The van der Waals surface area contributed by atoms with Crippen molar-refractivity contribution < 1.29 is 9.53 Å². The fraction of sp³-hybridized carbons (Fsp3) is 0.643. The minimum atomic E-state index is -0.320. The lowest BCUT2D eigenvalue weighted by molar-refractivity contribution is 0.00671. The number of amides is 1. The van der Waals surface area contributed by atoms with Gasteiger partial charge in [-0.25, -0.2) is 5.10 Å². The Bertz CT molecular complexity index is 503. The minimum absolute atomic E-state index is 0.221. The molecule has 1 amide bonds. The largest absolute Gasteiger partial charge is 0.379 e. The molecule has 1 aliphatic rings. The summed E-state index contributed by atoms with van der Waals surface area (Å²) in [7, 11) is 0. The molecular formula is C14H22N4O3. The summed E-state index contributed by atoms with van der Waals surface area (Å²) in [5.74, 6) is 0.150. The molecule has 0 bridgehead atoms. The van der Waals surface area contributed by atoms with Crippen LogP contribution >= 0.6 is 0 Å². The van der Waals surface area contributed by atoms with Crippen LogP contribution in [-0.2, 0) is 4.74 Å². The molecule has 116 valence electrons. The Morgan fingerprint density at radius 2 is 2.14 bits per heavy atom. The summed E-state index contributed by atoms with van der Waals surface area (Å²) in [5, 5.41) is 8.88. The van der Waals surface area contributed by atoms with Gasteiger partial charge in [0.05, 0.1) is 13.2 Å². The quantitative estimate of drug-likeness (QED) is 0.789. The van der Waals surface area contributed by atoms with E-state index in [9.17, 15) is 9.59 Å². The molecule has 1 atom stereocenters. The fourth-order valence-electron chi connectivity index (χ4n) is 2.45. The molecule has 21 heavy (non-hydrogen) atoms. The minimum Gasteiger partial charge on any atom is -0.379 e. The summed E-state index contributed by atoms with van der Waals surface area (Å²) >= 11 is 0. The Morgan fingerprint density at radius 3 is 2.71 bits per heavy atom. The molecule has 1 unspecified atom stereocenters. The number of rotatable bonds is 5. The molecule has 1 aromatic heterocycles. The number of morpholine rings is 1. The number of H-pyrrole nitrogens is 1. The van der Waals surface area contributed by atoms with Crippen molar-refractivity contribution in [1.82, 2.24) is 20.4 Å². The van der Waals surface area contributed by atoms with Crippen molar-refractivity contribution in [3.05, 3.63) is 28.2 Å². The lowest BCUT2D eigenvalue weighted by Crippen LogP contribution is -2.51. The van der Waals surface area contributed by atoms with E-state index in [-0.39, 0.29) is 23.2 Å². The van der Waals surface area contributed by atoms with Crippen molar-refractivity contribution in [2.45, 2.75) is 19.9 Å². The van der Waals surface area contributed by atoms with Gasteiger partial charge in [0.2, 0.25) is 0 Å². The maximum atomic E-state index is 12.0. The SMILES string of the molecule is CC(C)C(CNC(=O)c1ccc(=O)[nH]n1)N1CCOCC1. The van der Waals surface area contributed by atoms with Crippen molar-refractivity contribution in [2.75, 3.05) is 32.8 Å². The van der Waals surface area contributed by atoms with E-state index in [4.69, 9.17) is 4.74 Å². The molecule has 1 saturated heterocycles. The number of hydrogen-bond donors (Lipinski definition) is 2. The zero-order chi connectivity index (χ0) is 15.2. The van der Waals surface area contributed by atoms with Gasteiger partial charge < -0.3 is 10.1 Å². The Balaban J connectivity index is 1.93. The zero-order valence-electron chi connectivity index (χ0n) is 12.5. The number of aromatic nitrogens is 2. The van der Waals surface area contributed by atoms with Crippen molar-refractivity contribution in [3.8, 4) is 0 Å². The molecule has 2 N–H and O–H groups in total. The average molecular weight is 294 g/mol. The van der Waals surface area contributed by atoms with Gasteiger partial charge in [0.1, 0.15) is 5.69 Å². The third-order valence-corrected chi connectivity index (χ3v) is 3.67. The van der Waals surface area contributed by atoms with E-state index in [1.807, 2.05) is 0 Å². The summed E-state index contributed by atoms with van der Waals surface area (Å²) in [6.07, 6.45) is 0. The maximum Gasteiger partial charge on any atom is 0.271 e. The van der Waals surface area contributed by atoms with E-state index in [1.165, 1.54) is 12.1 Å². The van der Waals surface area contributed by atoms with Crippen LogP contribution in [0, 0.1) is 5.92 Å². The number of ether oxygens (including phenoxy) is 1. The lowest BCUT2D eigenvalue weighted by atomic mass is 10.0. The number of hydrogen-bond acceptors (Lipinski definition) is 5. The average Bonchev–Trinajstić information content (AvgIpc) is 2.48. The van der Waals surface area contributed by atoms with E-state index < -0.39 is 0 Å². The number of aromatic amines is 1. The van der Waals surface area contributed by atoms with Crippen LogP contribution in [-0.4, -0.2) is 59.9 Å². The Kier molecular flexibility index (Phi) is 5.46. The third-order valence-electron chi connectivity index (χ3n) is 3.67. The summed E-state index contributed by atoms with van der Waals surface area (Å²) in [6.45, 7) is 8.08. The second-order valence-electron chi connectivity index (χ2n) is 5.48. The first-order valence-electron chi connectivity index (χ1n) is 7.23. The van der Waals surface area contributed by atoms with Crippen LogP contribution in [0.4, 0.5) is 0 Å². The predicted octanol–water partition coefficient (Wildman–Crippen LogP) is -0.143. The molecule has 0 aliphatic carbocycles. The fourth-order valence-corrected chi connectivity index (χ4v) is 2.45. The van der Waals surface area contributed by atoms with Gasteiger partial charge in [0, 0.05) is 31.7 Å². The summed E-state index contributed by atoms with van der Waals surface area (Å²) < 4.78 is 5.36. The molecule has 1 aromatic rings. The smallest absolute Gasteiger partial charge is 0.271 e. The second kappa shape index (κ2) is 7.33. The van der Waals surface area contributed by atoms with Gasteiger partial charge in [-0.1, -0.05) is 13.8 Å². The maximum absolute atomic E-state index is 12.0. The van der Waals surface area contributed by atoms with Crippen LogP contribution in [0.15, 0.2) is 16.9 Å². The molecule has 2 rings (SSSR count). The monoisotopic (exact) mass is 294 g/mol. The zero-order valence-corrected chi connectivity index (χ0v) is 12.5. The normalized spacial score (nSPS) is 17.7. The van der Waals surface area contributed by atoms with Crippen LogP contribution < -0.4 is 10.9 Å². The number of nitrogens with one attached hydrogen (secondary N) is 2. The first-order chi connectivity index (χ1) is 10.1. The van der Waals surface area contributed by atoms with Crippen molar-refractivity contribution in [3.63, 3.8) is 0 Å². The Labute approximate surface area is 123 Å². The van der Waals surface area contributed by atoms with E-state index in [0.29, 0.717) is 12.5 Å². The molecular weight excluding hydrogens is 272 g/mol. The van der Waals surface area contributed by atoms with Crippen LogP contribution in [0.25, 0.3) is 0 Å². The topological polar surface area (TPSA) is 87.3 Å². The summed E-state index contributed by atoms with van der Waals surface area (Å²) in [6, 6.07) is 2.98. The van der Waals surface area contributed by atoms with Crippen LogP contribution in [0.3, 0.4) is 0 Å². The second-order valence-corrected chi connectivity index (χ2v) is 5.48. The lowest BCUT2D eigenvalue weighted by Gasteiger charge is -2.36. The molecule has 1 fully saturated rings. The molecule has 0 aromatic carbocycles. The number of carbonyl (C=O) groups is 1. The highest BCUT2D eigenvalue weighted by molar-refractivity contribution is 5.91. The van der Waals surface area contributed by atoms with Crippen molar-refractivity contribution >= 4 is 5.91 Å². The highest BCUT2D eigenvalue weighted by atomic mass is 16.5. The van der Waals surface area contributed by atoms with E-state index >= 15 is 0 Å². The molecule has 2 heterocycles. The van der Waals surface area contributed by atoms with E-state index in [1.54, 1.807) is 0 Å². The van der Waals surface area contributed by atoms with Gasteiger partial charge >= 0.3 is 0 Å². The first kappa shape index (κ1) is 15.7. The summed E-state index contributed by atoms with van der Waals surface area (Å²) in [5.41, 5.74) is -0.0981. The first-order valence-corrected chi connectivity index (χ1v) is 7.23. The standard InChI is InChI=1S/C14H22N4O3/c1-10(2)12(18-5-7-21-8-6-18)9-15-14(20)11-3-4-13(19)17-16-11/h3-4,10,12H,5-9H2,1-2H3,(H,15,20)(H,17,19). The molecule has 1 aliphatic heterocycles. The van der Waals surface area contributed by atoms with Crippen LogP contribution in [0.1, 0.15) is 24.3 Å². The van der Waals surface area contributed by atoms with Crippen molar-refractivity contribution in [1.29, 1.82) is 0 Å². The van der Waals surface area contributed by atoms with Crippen molar-refractivity contribution in [2.24, 2.45) is 5.92 Å². The molecule has 0 saturated carbocycles.